The minimum absolute atomic E-state index is 0.0200. The van der Waals surface area contributed by atoms with Gasteiger partial charge in [0.05, 0.1) is 10.7 Å². The Morgan fingerprint density at radius 2 is 2.10 bits per heavy atom. The number of carboxylic acids is 1. The van der Waals surface area contributed by atoms with Crippen LogP contribution in [0, 0.1) is 0 Å². The number of carbonyl (C=O) groups is 1. The van der Waals surface area contributed by atoms with Gasteiger partial charge in [0.1, 0.15) is 0 Å². The third-order valence-corrected chi connectivity index (χ3v) is 3.63. The van der Waals surface area contributed by atoms with Gasteiger partial charge in [0.25, 0.3) is 0 Å². The molecule has 0 fully saturated rings. The standard InChI is InChI=1S/C14H12ClN3O2/c1-17-7-9(15)13-8(4-3-5-11(13)17)12-6-10(14(19)20)16-18(12)2/h3-7H,1-2H3,(H,19,20). The molecule has 0 unspecified atom stereocenters. The van der Waals surface area contributed by atoms with Crippen molar-refractivity contribution >= 4 is 28.5 Å². The summed E-state index contributed by atoms with van der Waals surface area (Å²) in [6.45, 7) is 0. The molecule has 20 heavy (non-hydrogen) atoms. The van der Waals surface area contributed by atoms with E-state index in [1.807, 2.05) is 36.0 Å². The van der Waals surface area contributed by atoms with Crippen molar-refractivity contribution in [2.24, 2.45) is 14.1 Å². The summed E-state index contributed by atoms with van der Waals surface area (Å²) in [7, 11) is 3.64. The monoisotopic (exact) mass is 289 g/mol. The van der Waals surface area contributed by atoms with Gasteiger partial charge in [-0.15, -0.1) is 0 Å². The first-order chi connectivity index (χ1) is 9.49. The SMILES string of the molecule is Cn1nc(C(=O)O)cc1-c1cccc2c1c(Cl)cn2C. The molecule has 0 saturated carbocycles. The number of nitrogens with zero attached hydrogens (tertiary/aromatic N) is 3. The van der Waals surface area contributed by atoms with Gasteiger partial charge < -0.3 is 9.67 Å². The Morgan fingerprint density at radius 3 is 2.75 bits per heavy atom. The van der Waals surface area contributed by atoms with Crippen molar-refractivity contribution in [3.8, 4) is 11.3 Å². The van der Waals surface area contributed by atoms with Crippen molar-refractivity contribution in [1.29, 1.82) is 0 Å². The number of hydrogen-bond acceptors (Lipinski definition) is 2. The lowest BCUT2D eigenvalue weighted by molar-refractivity contribution is 0.0689. The molecule has 0 spiro atoms. The fraction of sp³-hybridized carbons (Fsp3) is 0.143. The highest BCUT2D eigenvalue weighted by molar-refractivity contribution is 6.36. The van der Waals surface area contributed by atoms with Crippen LogP contribution in [0.2, 0.25) is 5.02 Å². The maximum Gasteiger partial charge on any atom is 0.356 e. The molecule has 0 atom stereocenters. The highest BCUT2D eigenvalue weighted by atomic mass is 35.5. The molecule has 3 aromatic rings. The third-order valence-electron chi connectivity index (χ3n) is 3.34. The fourth-order valence-electron chi connectivity index (χ4n) is 2.43. The normalized spacial score (nSPS) is 11.2. The first kappa shape index (κ1) is 12.7. The second kappa shape index (κ2) is 4.38. The van der Waals surface area contributed by atoms with Crippen LogP contribution in [0.5, 0.6) is 0 Å². The molecule has 1 N–H and O–H groups in total. The van der Waals surface area contributed by atoms with E-state index in [1.165, 1.54) is 0 Å². The predicted octanol–water partition coefficient (Wildman–Crippen LogP) is 2.93. The summed E-state index contributed by atoms with van der Waals surface area (Å²) in [6, 6.07) is 7.36. The van der Waals surface area contributed by atoms with Gasteiger partial charge in [-0.3, -0.25) is 4.68 Å². The van der Waals surface area contributed by atoms with Crippen LogP contribution in [-0.4, -0.2) is 25.4 Å². The summed E-state index contributed by atoms with van der Waals surface area (Å²) < 4.78 is 3.50. The number of benzene rings is 1. The number of hydrogen-bond donors (Lipinski definition) is 1. The predicted molar refractivity (Wildman–Crippen MR) is 77.1 cm³/mol. The largest absolute Gasteiger partial charge is 0.476 e. The van der Waals surface area contributed by atoms with Crippen LogP contribution in [0.15, 0.2) is 30.5 Å². The van der Waals surface area contributed by atoms with E-state index in [0.717, 1.165) is 22.2 Å². The molecular weight excluding hydrogens is 278 g/mol. The van der Waals surface area contributed by atoms with Crippen LogP contribution in [0.1, 0.15) is 10.5 Å². The van der Waals surface area contributed by atoms with Crippen LogP contribution in [0.25, 0.3) is 22.2 Å². The molecule has 3 rings (SSSR count). The van der Waals surface area contributed by atoms with Crippen molar-refractivity contribution in [3.63, 3.8) is 0 Å². The van der Waals surface area contributed by atoms with Crippen LogP contribution < -0.4 is 0 Å². The summed E-state index contributed by atoms with van der Waals surface area (Å²) in [5.41, 5.74) is 2.61. The average molecular weight is 290 g/mol. The average Bonchev–Trinajstić information content (AvgIpc) is 2.92. The summed E-state index contributed by atoms with van der Waals surface area (Å²) >= 11 is 6.29. The topological polar surface area (TPSA) is 60.1 Å². The molecule has 5 nitrogen and oxygen atoms in total. The number of carboxylic acid groups (broad SMARTS) is 1. The summed E-state index contributed by atoms with van der Waals surface area (Å²) in [6.07, 6.45) is 1.84. The van der Waals surface area contributed by atoms with Crippen molar-refractivity contribution in [1.82, 2.24) is 14.3 Å². The lowest BCUT2D eigenvalue weighted by Crippen LogP contribution is -1.99. The van der Waals surface area contributed by atoms with Crippen LogP contribution in [0.3, 0.4) is 0 Å². The van der Waals surface area contributed by atoms with E-state index in [4.69, 9.17) is 16.7 Å². The number of halogens is 1. The van der Waals surface area contributed by atoms with Crippen molar-refractivity contribution < 1.29 is 9.90 Å². The molecule has 0 aliphatic carbocycles. The molecule has 2 heterocycles. The zero-order valence-corrected chi connectivity index (χ0v) is 11.7. The van der Waals surface area contributed by atoms with Crippen LogP contribution >= 0.6 is 11.6 Å². The summed E-state index contributed by atoms with van der Waals surface area (Å²) in [4.78, 5) is 11.0. The lowest BCUT2D eigenvalue weighted by Gasteiger charge is -2.05. The van der Waals surface area contributed by atoms with E-state index >= 15 is 0 Å². The fourth-order valence-corrected chi connectivity index (χ4v) is 2.77. The van der Waals surface area contributed by atoms with Gasteiger partial charge in [-0.1, -0.05) is 23.7 Å². The van der Waals surface area contributed by atoms with Crippen molar-refractivity contribution in [3.05, 3.63) is 41.2 Å². The van der Waals surface area contributed by atoms with E-state index < -0.39 is 5.97 Å². The van der Waals surface area contributed by atoms with E-state index in [9.17, 15) is 4.79 Å². The maximum absolute atomic E-state index is 11.0. The quantitative estimate of drug-likeness (QED) is 0.789. The van der Waals surface area contributed by atoms with Gasteiger partial charge in [0, 0.05) is 36.8 Å². The Balaban J connectivity index is 2.32. The molecule has 0 aliphatic heterocycles. The van der Waals surface area contributed by atoms with E-state index in [2.05, 4.69) is 5.10 Å². The Morgan fingerprint density at radius 1 is 1.35 bits per heavy atom. The molecule has 0 bridgehead atoms. The Bertz CT molecular complexity index is 832. The molecule has 1 aromatic carbocycles. The Hall–Kier alpha value is -2.27. The van der Waals surface area contributed by atoms with Crippen LogP contribution in [-0.2, 0) is 14.1 Å². The second-order valence-corrected chi connectivity index (χ2v) is 5.04. The number of aryl methyl sites for hydroxylation is 2. The van der Waals surface area contributed by atoms with Gasteiger partial charge in [0.2, 0.25) is 0 Å². The Kier molecular flexibility index (Phi) is 2.79. The van der Waals surface area contributed by atoms with Crippen molar-refractivity contribution in [2.45, 2.75) is 0 Å². The van der Waals surface area contributed by atoms with E-state index in [-0.39, 0.29) is 5.69 Å². The van der Waals surface area contributed by atoms with Gasteiger partial charge in [-0.2, -0.15) is 5.10 Å². The molecule has 6 heteroatoms. The molecule has 0 radical (unpaired) electrons. The van der Waals surface area contributed by atoms with Gasteiger partial charge in [-0.05, 0) is 12.1 Å². The highest BCUT2D eigenvalue weighted by Gasteiger charge is 2.17. The van der Waals surface area contributed by atoms with Gasteiger partial charge >= 0.3 is 5.97 Å². The first-order valence-electron chi connectivity index (χ1n) is 6.00. The van der Waals surface area contributed by atoms with E-state index in [0.29, 0.717) is 5.02 Å². The maximum atomic E-state index is 11.0. The zero-order valence-electron chi connectivity index (χ0n) is 11.0. The number of rotatable bonds is 2. The number of aromatic carboxylic acids is 1. The smallest absolute Gasteiger partial charge is 0.356 e. The summed E-state index contributed by atoms with van der Waals surface area (Å²) in [5.74, 6) is -1.04. The molecule has 0 aliphatic rings. The number of fused-ring (bicyclic) bond motifs is 1. The van der Waals surface area contributed by atoms with Crippen LogP contribution in [0.4, 0.5) is 0 Å². The van der Waals surface area contributed by atoms with Gasteiger partial charge in [-0.25, -0.2) is 4.79 Å². The summed E-state index contributed by atoms with van der Waals surface area (Å²) in [5, 5.41) is 14.6. The minimum Gasteiger partial charge on any atom is -0.476 e. The number of aromatic nitrogens is 3. The first-order valence-corrected chi connectivity index (χ1v) is 6.38. The molecular formula is C14H12ClN3O2. The second-order valence-electron chi connectivity index (χ2n) is 4.63. The lowest BCUT2D eigenvalue weighted by atomic mass is 10.1. The molecule has 0 saturated heterocycles. The van der Waals surface area contributed by atoms with Gasteiger partial charge in [0.15, 0.2) is 5.69 Å². The zero-order chi connectivity index (χ0) is 14.4. The van der Waals surface area contributed by atoms with Crippen molar-refractivity contribution in [2.75, 3.05) is 0 Å². The van der Waals surface area contributed by atoms with E-state index in [1.54, 1.807) is 17.8 Å². The highest BCUT2D eigenvalue weighted by Crippen LogP contribution is 2.34. The molecule has 102 valence electrons. The Labute approximate surface area is 120 Å². The molecule has 0 amide bonds. The minimum atomic E-state index is -1.04. The molecule has 2 aromatic heterocycles. The third kappa shape index (κ3) is 1.78.